The van der Waals surface area contributed by atoms with Crippen molar-refractivity contribution in [3.05, 3.63) is 73.5 Å². The Labute approximate surface area is 173 Å². The molecule has 1 aromatic heterocycles. The first-order chi connectivity index (χ1) is 13.2. The molecule has 0 unspecified atom stereocenters. The van der Waals surface area contributed by atoms with E-state index in [9.17, 15) is 14.9 Å². The second kappa shape index (κ2) is 7.99. The molecule has 1 amide bonds. The van der Waals surface area contributed by atoms with Crippen LogP contribution in [0.4, 0.5) is 11.4 Å². The number of amides is 1. The molecule has 2 aromatic carbocycles. The molecule has 0 saturated heterocycles. The van der Waals surface area contributed by atoms with Gasteiger partial charge in [0.25, 0.3) is 11.6 Å². The molecular formula is C18H14BrClN4O4. The average Bonchev–Trinajstić information content (AvgIpc) is 2.96. The lowest BCUT2D eigenvalue weighted by atomic mass is 10.2. The van der Waals surface area contributed by atoms with E-state index in [4.69, 9.17) is 16.3 Å². The molecule has 0 aliphatic heterocycles. The zero-order valence-corrected chi connectivity index (χ0v) is 17.1. The molecule has 0 atom stereocenters. The van der Waals surface area contributed by atoms with Gasteiger partial charge < -0.3 is 10.1 Å². The van der Waals surface area contributed by atoms with Gasteiger partial charge in [-0.2, -0.15) is 5.10 Å². The van der Waals surface area contributed by atoms with Gasteiger partial charge in [0.05, 0.1) is 27.3 Å². The smallest absolute Gasteiger partial charge is 0.275 e. The van der Waals surface area contributed by atoms with Crippen LogP contribution in [0.2, 0.25) is 5.02 Å². The molecule has 144 valence electrons. The summed E-state index contributed by atoms with van der Waals surface area (Å²) in [5.41, 5.74) is 1.08. The van der Waals surface area contributed by atoms with Gasteiger partial charge in [0.1, 0.15) is 17.2 Å². The molecule has 0 saturated carbocycles. The second-order valence-corrected chi connectivity index (χ2v) is 7.17. The van der Waals surface area contributed by atoms with E-state index >= 15 is 0 Å². The van der Waals surface area contributed by atoms with Gasteiger partial charge in [-0.1, -0.05) is 11.6 Å². The predicted octanol–water partition coefficient (Wildman–Crippen LogP) is 5.10. The van der Waals surface area contributed by atoms with E-state index in [-0.39, 0.29) is 22.8 Å². The number of carbonyl (C=O) groups is 1. The lowest BCUT2D eigenvalue weighted by molar-refractivity contribution is -0.384. The van der Waals surface area contributed by atoms with Crippen molar-refractivity contribution in [3.63, 3.8) is 0 Å². The van der Waals surface area contributed by atoms with Crippen LogP contribution in [0.15, 0.2) is 47.1 Å². The van der Waals surface area contributed by atoms with Crippen molar-refractivity contribution >= 4 is 44.8 Å². The Morgan fingerprint density at radius 3 is 2.64 bits per heavy atom. The fraction of sp³-hybridized carbons (Fsp3) is 0.111. The number of hydrogen-bond donors (Lipinski definition) is 1. The summed E-state index contributed by atoms with van der Waals surface area (Å²) < 4.78 is 7.62. The number of hydrogen-bond acceptors (Lipinski definition) is 5. The number of ether oxygens (including phenoxy) is 1. The third-order valence-corrected chi connectivity index (χ3v) is 4.84. The average molecular weight is 466 g/mol. The number of benzene rings is 2. The Morgan fingerprint density at radius 2 is 2.04 bits per heavy atom. The van der Waals surface area contributed by atoms with Gasteiger partial charge in [-0.3, -0.25) is 19.6 Å². The minimum absolute atomic E-state index is 0.204. The van der Waals surface area contributed by atoms with Gasteiger partial charge >= 0.3 is 0 Å². The molecule has 3 aromatic rings. The predicted molar refractivity (Wildman–Crippen MR) is 108 cm³/mol. The summed E-state index contributed by atoms with van der Waals surface area (Å²) in [5.74, 6) is 0.199. The third-order valence-electron chi connectivity index (χ3n) is 3.83. The van der Waals surface area contributed by atoms with Crippen LogP contribution < -0.4 is 10.1 Å². The van der Waals surface area contributed by atoms with Crippen LogP contribution >= 0.6 is 27.5 Å². The lowest BCUT2D eigenvalue weighted by Crippen LogP contribution is -2.16. The Kier molecular flexibility index (Phi) is 5.66. The minimum atomic E-state index is -0.560. The topological polar surface area (TPSA) is 99.3 Å². The highest BCUT2D eigenvalue weighted by Crippen LogP contribution is 2.31. The molecular weight excluding hydrogens is 452 g/mol. The first kappa shape index (κ1) is 19.8. The normalized spacial score (nSPS) is 10.6. The summed E-state index contributed by atoms with van der Waals surface area (Å²) in [6, 6.07) is 9.07. The molecule has 10 heteroatoms. The quantitative estimate of drug-likeness (QED) is 0.417. The molecule has 0 fully saturated rings. The van der Waals surface area contributed by atoms with Crippen LogP contribution in [0, 0.1) is 17.0 Å². The number of nitrogens with zero attached hydrogens (tertiary/aromatic N) is 3. The number of nitro groups is 1. The summed E-state index contributed by atoms with van der Waals surface area (Å²) >= 11 is 9.26. The van der Waals surface area contributed by atoms with Crippen LogP contribution in [0.3, 0.4) is 0 Å². The highest BCUT2D eigenvalue weighted by Gasteiger charge is 2.18. The molecule has 1 heterocycles. The fourth-order valence-electron chi connectivity index (χ4n) is 2.49. The number of nitrogens with one attached hydrogen (secondary N) is 1. The summed E-state index contributed by atoms with van der Waals surface area (Å²) in [5, 5.41) is 18.5. The second-order valence-electron chi connectivity index (χ2n) is 5.90. The van der Waals surface area contributed by atoms with Crippen molar-refractivity contribution in [2.45, 2.75) is 6.92 Å². The summed E-state index contributed by atoms with van der Waals surface area (Å²) in [4.78, 5) is 23.2. The highest BCUT2D eigenvalue weighted by atomic mass is 79.9. The summed E-state index contributed by atoms with van der Waals surface area (Å²) in [6.45, 7) is 1.82. The fourth-order valence-corrected chi connectivity index (χ4v) is 3.14. The number of non-ortho nitro benzene ring substituents is 1. The third kappa shape index (κ3) is 4.32. The van der Waals surface area contributed by atoms with Gasteiger partial charge in [0.2, 0.25) is 0 Å². The number of nitro benzene ring substituents is 1. The molecule has 8 nitrogen and oxygen atoms in total. The van der Waals surface area contributed by atoms with E-state index < -0.39 is 10.8 Å². The lowest BCUT2D eigenvalue weighted by Gasteiger charge is -2.10. The van der Waals surface area contributed by atoms with Gasteiger partial charge in [-0.05, 0) is 46.6 Å². The number of halogens is 2. The molecule has 0 spiro atoms. The Hall–Kier alpha value is -2.91. The van der Waals surface area contributed by atoms with Crippen molar-refractivity contribution < 1.29 is 14.5 Å². The van der Waals surface area contributed by atoms with E-state index in [0.717, 1.165) is 5.56 Å². The molecule has 3 rings (SSSR count). The first-order valence-electron chi connectivity index (χ1n) is 7.97. The van der Waals surface area contributed by atoms with Gasteiger partial charge in [-0.25, -0.2) is 0 Å². The summed E-state index contributed by atoms with van der Waals surface area (Å²) in [6.07, 6.45) is 1.49. The van der Waals surface area contributed by atoms with Crippen molar-refractivity contribution in [3.8, 4) is 11.5 Å². The standard InChI is InChI=1S/C18H14BrClN4O4/c1-10-5-13(3-4-16(10)20)28-14-7-11(6-12(8-14)24(26)27)22-18(25)17-15(19)9-21-23(17)2/h3-9H,1-2H3,(H,22,25). The van der Waals surface area contributed by atoms with Crippen LogP contribution in [-0.2, 0) is 7.05 Å². The van der Waals surface area contributed by atoms with E-state index in [0.29, 0.717) is 15.2 Å². The Morgan fingerprint density at radius 1 is 1.29 bits per heavy atom. The van der Waals surface area contributed by atoms with Crippen LogP contribution in [0.25, 0.3) is 0 Å². The minimum Gasteiger partial charge on any atom is -0.457 e. The number of aromatic nitrogens is 2. The number of aryl methyl sites for hydroxylation is 2. The molecule has 28 heavy (non-hydrogen) atoms. The maximum Gasteiger partial charge on any atom is 0.275 e. The van der Waals surface area contributed by atoms with E-state index in [1.165, 1.54) is 29.1 Å². The monoisotopic (exact) mass is 464 g/mol. The van der Waals surface area contributed by atoms with Crippen LogP contribution in [-0.4, -0.2) is 20.6 Å². The molecule has 0 bridgehead atoms. The van der Waals surface area contributed by atoms with Crippen molar-refractivity contribution in [1.29, 1.82) is 0 Å². The number of rotatable bonds is 5. The van der Waals surface area contributed by atoms with Gasteiger partial charge in [0, 0.05) is 24.2 Å². The molecule has 0 radical (unpaired) electrons. The summed E-state index contributed by atoms with van der Waals surface area (Å²) in [7, 11) is 1.62. The molecule has 1 N–H and O–H groups in total. The highest BCUT2D eigenvalue weighted by molar-refractivity contribution is 9.10. The maximum absolute atomic E-state index is 12.5. The van der Waals surface area contributed by atoms with Crippen LogP contribution in [0.1, 0.15) is 16.1 Å². The van der Waals surface area contributed by atoms with Crippen molar-refractivity contribution in [2.24, 2.45) is 7.05 Å². The van der Waals surface area contributed by atoms with Gasteiger partial charge in [0.15, 0.2) is 0 Å². The molecule has 0 aliphatic rings. The first-order valence-corrected chi connectivity index (χ1v) is 9.14. The number of carbonyl (C=O) groups excluding carboxylic acids is 1. The van der Waals surface area contributed by atoms with E-state index in [2.05, 4.69) is 26.3 Å². The zero-order valence-electron chi connectivity index (χ0n) is 14.8. The molecule has 0 aliphatic carbocycles. The SMILES string of the molecule is Cc1cc(Oc2cc(NC(=O)c3c(Br)cnn3C)cc([N+](=O)[O-])c2)ccc1Cl. The van der Waals surface area contributed by atoms with Crippen molar-refractivity contribution in [1.82, 2.24) is 9.78 Å². The Balaban J connectivity index is 1.92. The maximum atomic E-state index is 12.5. The Bertz CT molecular complexity index is 1060. The number of anilines is 1. The van der Waals surface area contributed by atoms with Crippen molar-refractivity contribution in [2.75, 3.05) is 5.32 Å². The zero-order chi connectivity index (χ0) is 20.4. The largest absolute Gasteiger partial charge is 0.457 e. The van der Waals surface area contributed by atoms with Gasteiger partial charge in [-0.15, -0.1) is 0 Å². The van der Waals surface area contributed by atoms with E-state index in [1.54, 1.807) is 25.2 Å². The van der Waals surface area contributed by atoms with E-state index in [1.807, 2.05) is 6.92 Å². The van der Waals surface area contributed by atoms with Crippen LogP contribution in [0.5, 0.6) is 11.5 Å².